The van der Waals surface area contributed by atoms with Crippen molar-refractivity contribution in [3.63, 3.8) is 0 Å². The van der Waals surface area contributed by atoms with Crippen LogP contribution in [0.15, 0.2) is 53.8 Å². The normalized spacial score (nSPS) is 14.8. The highest BCUT2D eigenvalue weighted by atomic mass is 19.3. The van der Waals surface area contributed by atoms with Gasteiger partial charge in [-0.1, -0.05) is 18.2 Å². The molecule has 0 radical (unpaired) electrons. The summed E-state index contributed by atoms with van der Waals surface area (Å²) in [7, 11) is 1.55. The van der Waals surface area contributed by atoms with Crippen molar-refractivity contribution in [1.29, 1.82) is 0 Å². The first kappa shape index (κ1) is 22.6. The van der Waals surface area contributed by atoms with Gasteiger partial charge < -0.3 is 20.5 Å². The van der Waals surface area contributed by atoms with Gasteiger partial charge in [-0.15, -0.1) is 0 Å². The molecular weight excluding hydrogens is 433 g/mol. The average molecular weight is 456 g/mol. The number of benzene rings is 2. The van der Waals surface area contributed by atoms with Gasteiger partial charge in [0, 0.05) is 59.0 Å². The molecule has 0 spiro atoms. The molecule has 0 aliphatic carbocycles. The van der Waals surface area contributed by atoms with E-state index in [1.807, 2.05) is 6.07 Å². The molecule has 1 aliphatic rings. The van der Waals surface area contributed by atoms with Crippen LogP contribution in [-0.4, -0.2) is 37.6 Å². The molecule has 2 heterocycles. The Hall–Kier alpha value is -3.59. The molecule has 1 fully saturated rings. The van der Waals surface area contributed by atoms with Gasteiger partial charge in [0.25, 0.3) is 6.43 Å². The van der Waals surface area contributed by atoms with Gasteiger partial charge in [-0.3, -0.25) is 9.98 Å². The van der Waals surface area contributed by atoms with Crippen molar-refractivity contribution in [1.82, 2.24) is 4.98 Å². The van der Waals surface area contributed by atoms with E-state index in [0.29, 0.717) is 41.3 Å². The van der Waals surface area contributed by atoms with Crippen LogP contribution in [0.2, 0.25) is 0 Å². The van der Waals surface area contributed by atoms with Gasteiger partial charge in [-0.05, 0) is 12.1 Å². The number of nitrogens with two attached hydrogens (primary N) is 1. The fourth-order valence-electron chi connectivity index (χ4n) is 3.51. The largest absolute Gasteiger partial charge is 0.496 e. The fourth-order valence-corrected chi connectivity index (χ4v) is 3.51. The maximum absolute atomic E-state index is 14.4. The molecule has 9 heteroatoms. The first-order valence-electron chi connectivity index (χ1n) is 10.3. The Morgan fingerprint density at radius 3 is 2.82 bits per heavy atom. The number of rotatable bonds is 8. The third-order valence-electron chi connectivity index (χ3n) is 5.41. The topological polar surface area (TPSA) is 81.8 Å². The van der Waals surface area contributed by atoms with Crippen LogP contribution >= 0.6 is 0 Å². The van der Waals surface area contributed by atoms with E-state index in [-0.39, 0.29) is 18.2 Å². The van der Waals surface area contributed by atoms with Crippen molar-refractivity contribution in [2.45, 2.75) is 19.0 Å². The minimum atomic E-state index is -2.88. The monoisotopic (exact) mass is 456 g/mol. The van der Waals surface area contributed by atoms with Gasteiger partial charge >= 0.3 is 0 Å². The molecule has 3 aromatic rings. The van der Waals surface area contributed by atoms with Gasteiger partial charge in [0.05, 0.1) is 37.4 Å². The van der Waals surface area contributed by atoms with Crippen LogP contribution in [0.3, 0.4) is 0 Å². The summed E-state index contributed by atoms with van der Waals surface area (Å²) in [5, 5.41) is 3.87. The minimum Gasteiger partial charge on any atom is -0.496 e. The SMILES string of the molecule is COc1cc2nccc(NCc3cccc(C(F)F)c3F)c2cc1C(C=NC1COC1)=CN. The van der Waals surface area contributed by atoms with Crippen LogP contribution in [0.1, 0.15) is 23.1 Å². The third kappa shape index (κ3) is 4.78. The van der Waals surface area contributed by atoms with E-state index >= 15 is 0 Å². The molecule has 33 heavy (non-hydrogen) atoms. The first-order chi connectivity index (χ1) is 16.0. The third-order valence-corrected chi connectivity index (χ3v) is 5.41. The zero-order chi connectivity index (χ0) is 23.4. The van der Waals surface area contributed by atoms with E-state index in [0.717, 1.165) is 11.5 Å². The van der Waals surface area contributed by atoms with E-state index in [1.54, 1.807) is 31.7 Å². The van der Waals surface area contributed by atoms with Gasteiger partial charge in [-0.2, -0.15) is 0 Å². The predicted molar refractivity (Wildman–Crippen MR) is 122 cm³/mol. The zero-order valence-electron chi connectivity index (χ0n) is 17.9. The number of aromatic nitrogens is 1. The molecule has 0 atom stereocenters. The fraction of sp³-hybridized carbons (Fsp3) is 0.250. The Kier molecular flexibility index (Phi) is 6.79. The highest BCUT2D eigenvalue weighted by molar-refractivity contribution is 6.12. The lowest BCUT2D eigenvalue weighted by atomic mass is 10.0. The number of ether oxygens (including phenoxy) is 2. The first-order valence-corrected chi connectivity index (χ1v) is 10.3. The number of methoxy groups -OCH3 is 1. The van der Waals surface area contributed by atoms with E-state index in [9.17, 15) is 13.2 Å². The second kappa shape index (κ2) is 9.91. The van der Waals surface area contributed by atoms with Crippen molar-refractivity contribution in [2.24, 2.45) is 10.7 Å². The summed E-state index contributed by atoms with van der Waals surface area (Å²) < 4.78 is 51.2. The molecule has 0 bridgehead atoms. The maximum Gasteiger partial charge on any atom is 0.266 e. The second-order valence-corrected chi connectivity index (χ2v) is 7.49. The van der Waals surface area contributed by atoms with E-state index < -0.39 is 17.8 Å². The standard InChI is InChI=1S/C24H23F3N4O2/c1-32-22-8-21-19(7-18(22)15(9-28)11-30-16-12-33-13-16)20(5-6-29-21)31-10-14-3-2-4-17(23(14)25)24(26)27/h2-9,11,16,24H,10,12-13,28H2,1H3,(H,29,31). The van der Waals surface area contributed by atoms with Crippen LogP contribution in [0.5, 0.6) is 5.75 Å². The van der Waals surface area contributed by atoms with Gasteiger partial charge in [-0.25, -0.2) is 13.2 Å². The number of nitrogens with one attached hydrogen (secondary N) is 1. The van der Waals surface area contributed by atoms with E-state index in [2.05, 4.69) is 15.3 Å². The summed E-state index contributed by atoms with van der Waals surface area (Å²) in [6.45, 7) is 1.17. The highest BCUT2D eigenvalue weighted by Crippen LogP contribution is 2.33. The van der Waals surface area contributed by atoms with Crippen molar-refractivity contribution in [3.8, 4) is 5.75 Å². The molecule has 1 saturated heterocycles. The number of pyridine rings is 1. The molecule has 0 saturated carbocycles. The van der Waals surface area contributed by atoms with Gasteiger partial charge in [0.15, 0.2) is 0 Å². The van der Waals surface area contributed by atoms with Crippen molar-refractivity contribution in [2.75, 3.05) is 25.6 Å². The number of halogens is 3. The Morgan fingerprint density at radius 2 is 2.15 bits per heavy atom. The molecule has 4 rings (SSSR count). The number of hydrogen-bond acceptors (Lipinski definition) is 6. The Morgan fingerprint density at radius 1 is 1.33 bits per heavy atom. The van der Waals surface area contributed by atoms with E-state index in [1.165, 1.54) is 18.3 Å². The lowest BCUT2D eigenvalue weighted by molar-refractivity contribution is 0.0136. The molecule has 172 valence electrons. The summed E-state index contributed by atoms with van der Waals surface area (Å²) in [6, 6.07) is 9.45. The second-order valence-electron chi connectivity index (χ2n) is 7.49. The molecule has 3 N–H and O–H groups in total. The van der Waals surface area contributed by atoms with Crippen molar-refractivity contribution >= 4 is 28.4 Å². The van der Waals surface area contributed by atoms with Crippen LogP contribution in [0, 0.1) is 5.82 Å². The van der Waals surface area contributed by atoms with Crippen molar-refractivity contribution in [3.05, 3.63) is 71.3 Å². The average Bonchev–Trinajstić information content (AvgIpc) is 2.79. The molecule has 0 unspecified atom stereocenters. The molecule has 6 nitrogen and oxygen atoms in total. The predicted octanol–water partition coefficient (Wildman–Crippen LogP) is 4.70. The Labute approximate surface area is 188 Å². The number of allylic oxidation sites excluding steroid dienone is 1. The number of nitrogens with zero attached hydrogens (tertiary/aromatic N) is 2. The van der Waals surface area contributed by atoms with E-state index in [4.69, 9.17) is 15.2 Å². The minimum absolute atomic E-state index is 0.0234. The lowest BCUT2D eigenvalue weighted by Crippen LogP contribution is -2.31. The molecule has 0 amide bonds. The maximum atomic E-state index is 14.4. The molecule has 1 aromatic heterocycles. The van der Waals surface area contributed by atoms with Crippen LogP contribution in [-0.2, 0) is 11.3 Å². The lowest BCUT2D eigenvalue weighted by Gasteiger charge is -2.21. The number of alkyl halides is 2. The highest BCUT2D eigenvalue weighted by Gasteiger charge is 2.18. The van der Waals surface area contributed by atoms with Crippen LogP contribution < -0.4 is 15.8 Å². The summed E-state index contributed by atoms with van der Waals surface area (Å²) in [6.07, 6.45) is 1.86. The Bertz CT molecular complexity index is 1210. The number of fused-ring (bicyclic) bond motifs is 1. The molecular formula is C24H23F3N4O2. The smallest absolute Gasteiger partial charge is 0.266 e. The summed E-state index contributed by atoms with van der Waals surface area (Å²) in [5.41, 5.74) is 8.06. The van der Waals surface area contributed by atoms with Gasteiger partial charge in [0.2, 0.25) is 0 Å². The van der Waals surface area contributed by atoms with Gasteiger partial charge in [0.1, 0.15) is 11.6 Å². The molecule has 1 aliphatic heterocycles. The van der Waals surface area contributed by atoms with Crippen LogP contribution in [0.25, 0.3) is 16.5 Å². The van der Waals surface area contributed by atoms with Crippen LogP contribution in [0.4, 0.5) is 18.9 Å². The summed E-state index contributed by atoms with van der Waals surface area (Å²) in [4.78, 5) is 8.86. The number of hydrogen-bond donors (Lipinski definition) is 2. The van der Waals surface area contributed by atoms with Crippen molar-refractivity contribution < 1.29 is 22.6 Å². The number of anilines is 1. The Balaban J connectivity index is 1.68. The zero-order valence-corrected chi connectivity index (χ0v) is 17.9. The molecule has 2 aromatic carbocycles. The summed E-state index contributed by atoms with van der Waals surface area (Å²) >= 11 is 0. The number of aliphatic imine (C=N–C) groups is 1. The summed E-state index contributed by atoms with van der Waals surface area (Å²) in [5.74, 6) is -0.346. The quantitative estimate of drug-likeness (QED) is 0.480.